The zero-order valence-electron chi connectivity index (χ0n) is 23.7. The van der Waals surface area contributed by atoms with Crippen LogP contribution in [0.25, 0.3) is 0 Å². The summed E-state index contributed by atoms with van der Waals surface area (Å²) >= 11 is 0. The van der Waals surface area contributed by atoms with E-state index in [2.05, 4.69) is 5.32 Å². The van der Waals surface area contributed by atoms with Crippen LogP contribution in [-0.2, 0) is 33.3 Å². The Morgan fingerprint density at radius 3 is 2.14 bits per heavy atom. The van der Waals surface area contributed by atoms with Gasteiger partial charge in [0.05, 0.1) is 32.0 Å². The van der Waals surface area contributed by atoms with Crippen molar-refractivity contribution in [2.24, 2.45) is 0 Å². The number of aliphatic carboxylic acids is 1. The van der Waals surface area contributed by atoms with Gasteiger partial charge in [0.1, 0.15) is 73.1 Å². The molecule has 44 heavy (non-hydrogen) atoms. The number of carbonyl (C=O) groups excluding carboxylic acids is 2. The van der Waals surface area contributed by atoms with Crippen molar-refractivity contribution in [2.75, 3.05) is 19.8 Å². The smallest absolute Gasteiger partial charge is 0.544 e. The van der Waals surface area contributed by atoms with Gasteiger partial charge in [0.25, 0.3) is 0 Å². The standard InChI is InChI=1S/C23H39NO19.Na/c1-6(27)24-11-7(28)2-23(22(37)38,43-19(11)12(30)8(29)3-25)39-5-10-13(31)14(32)17(35)21(41-10)42-18-9(4-26)40-20(36)16(34)15(18)33;/h7-21,25-26,28-36H,2-5H2,1H3,(H,24,27)(H,37,38);/q;+1/p-1/t7?,8?,9?,10?,11?,12?,13?,14?,15?,16?,17?,18?,19?,20?,21?,23-;/m1./s1. The molecule has 0 aliphatic carbocycles. The first-order valence-electron chi connectivity index (χ1n) is 13.2. The maximum atomic E-state index is 12.2. The van der Waals surface area contributed by atoms with Gasteiger partial charge in [0.2, 0.25) is 11.7 Å². The number of amides is 1. The first-order chi connectivity index (χ1) is 20.1. The summed E-state index contributed by atoms with van der Waals surface area (Å²) in [6.07, 6.45) is -27.3. The molecule has 21 heteroatoms. The quantitative estimate of drug-likeness (QED) is 0.0919. The Kier molecular flexibility index (Phi) is 14.7. The molecule has 3 rings (SSSR count). The summed E-state index contributed by atoms with van der Waals surface area (Å²) in [5.41, 5.74) is 0. The van der Waals surface area contributed by atoms with Crippen molar-refractivity contribution in [3.05, 3.63) is 0 Å². The van der Waals surface area contributed by atoms with Gasteiger partial charge in [-0.2, -0.15) is 0 Å². The number of ether oxygens (including phenoxy) is 5. The first kappa shape index (κ1) is 39.5. The van der Waals surface area contributed by atoms with Gasteiger partial charge in [-0.05, 0) is 0 Å². The molecule has 1 amide bonds. The van der Waals surface area contributed by atoms with E-state index in [-0.39, 0.29) is 29.6 Å². The Bertz CT molecular complexity index is 949. The summed E-state index contributed by atoms with van der Waals surface area (Å²) in [6, 6.07) is -1.51. The van der Waals surface area contributed by atoms with E-state index < -0.39 is 136 Å². The predicted octanol–water partition coefficient (Wildman–Crippen LogP) is -12.6. The average Bonchev–Trinajstić information content (AvgIpc) is 2.96. The summed E-state index contributed by atoms with van der Waals surface area (Å²) in [6.45, 7) is -1.84. The third-order valence-electron chi connectivity index (χ3n) is 7.45. The van der Waals surface area contributed by atoms with Gasteiger partial charge in [0, 0.05) is 13.3 Å². The summed E-state index contributed by atoms with van der Waals surface area (Å²) in [4.78, 5) is 23.9. The van der Waals surface area contributed by atoms with Crippen LogP contribution in [0.4, 0.5) is 0 Å². The van der Waals surface area contributed by atoms with Crippen LogP contribution < -0.4 is 40.0 Å². The van der Waals surface area contributed by atoms with Crippen molar-refractivity contribution >= 4 is 11.9 Å². The Labute approximate surface area is 271 Å². The maximum absolute atomic E-state index is 12.2. The number of carboxylic acid groups (broad SMARTS) is 1. The number of hydrogen-bond donors (Lipinski definition) is 12. The molecule has 3 fully saturated rings. The Hall–Kier alpha value is -0.700. The summed E-state index contributed by atoms with van der Waals surface area (Å²) in [5, 5.41) is 126. The molecular weight excluding hydrogens is 617 g/mol. The van der Waals surface area contributed by atoms with E-state index in [0.29, 0.717) is 0 Å². The molecule has 0 saturated carbocycles. The largest absolute Gasteiger partial charge is 1.00 e. The molecule has 3 aliphatic heterocycles. The average molecular weight is 656 g/mol. The second-order valence-electron chi connectivity index (χ2n) is 10.5. The van der Waals surface area contributed by atoms with Crippen LogP contribution in [0.2, 0.25) is 0 Å². The summed E-state index contributed by atoms with van der Waals surface area (Å²) in [7, 11) is 0. The topological polar surface area (TPSA) is 338 Å². The van der Waals surface area contributed by atoms with Crippen molar-refractivity contribution in [2.45, 2.75) is 111 Å². The Balaban J connectivity index is 0.00000675. The minimum absolute atomic E-state index is 0. The van der Waals surface area contributed by atoms with Crippen LogP contribution in [0.3, 0.4) is 0 Å². The van der Waals surface area contributed by atoms with E-state index in [1.807, 2.05) is 0 Å². The minimum atomic E-state index is -2.94. The molecule has 3 heterocycles. The van der Waals surface area contributed by atoms with Crippen molar-refractivity contribution in [3.63, 3.8) is 0 Å². The van der Waals surface area contributed by atoms with Crippen LogP contribution in [0.15, 0.2) is 0 Å². The maximum Gasteiger partial charge on any atom is 1.00 e. The van der Waals surface area contributed by atoms with Crippen molar-refractivity contribution < 1.29 is 124 Å². The first-order valence-corrected chi connectivity index (χ1v) is 13.2. The van der Waals surface area contributed by atoms with E-state index in [0.717, 1.165) is 6.92 Å². The number of nitrogens with one attached hydrogen (secondary N) is 1. The van der Waals surface area contributed by atoms with Gasteiger partial charge in [-0.25, -0.2) is 0 Å². The monoisotopic (exact) mass is 655 g/mol. The van der Waals surface area contributed by atoms with Crippen LogP contribution in [0, 0.1) is 0 Å². The number of rotatable bonds is 11. The Morgan fingerprint density at radius 1 is 0.955 bits per heavy atom. The number of aliphatic hydroxyl groups is 11. The molecule has 0 radical (unpaired) electrons. The molecule has 12 N–H and O–H groups in total. The van der Waals surface area contributed by atoms with Gasteiger partial charge in [-0.15, -0.1) is 0 Å². The minimum Gasteiger partial charge on any atom is -0.544 e. The SMILES string of the molecule is CC(=O)NC1C(O)C[C@](OCC2OC(OC3C(CO)OC(O)C(O)C3O)C(O)C(O)C2O)(C(=O)[O-])OC1C(O)C(O)CO.[Na+]. The van der Waals surface area contributed by atoms with Gasteiger partial charge in [-0.3, -0.25) is 4.79 Å². The van der Waals surface area contributed by atoms with Crippen LogP contribution in [0.1, 0.15) is 13.3 Å². The van der Waals surface area contributed by atoms with Gasteiger partial charge in [0.15, 0.2) is 12.6 Å². The van der Waals surface area contributed by atoms with Crippen LogP contribution in [-0.4, -0.2) is 186 Å². The molecule has 0 aromatic heterocycles. The third-order valence-corrected chi connectivity index (χ3v) is 7.45. The molecule has 0 bridgehead atoms. The van der Waals surface area contributed by atoms with Crippen molar-refractivity contribution in [1.82, 2.24) is 5.32 Å². The Morgan fingerprint density at radius 2 is 1.59 bits per heavy atom. The molecule has 250 valence electrons. The summed E-state index contributed by atoms with van der Waals surface area (Å²) < 4.78 is 26.5. The fourth-order valence-electron chi connectivity index (χ4n) is 5.04. The van der Waals surface area contributed by atoms with Crippen LogP contribution in [0.5, 0.6) is 0 Å². The van der Waals surface area contributed by atoms with E-state index in [1.165, 1.54) is 0 Å². The molecule has 15 unspecified atom stereocenters. The number of hydrogen-bond acceptors (Lipinski definition) is 19. The molecule has 3 saturated heterocycles. The summed E-state index contributed by atoms with van der Waals surface area (Å²) in [5.74, 6) is -5.80. The zero-order chi connectivity index (χ0) is 32.4. The fourth-order valence-corrected chi connectivity index (χ4v) is 5.04. The predicted molar refractivity (Wildman–Crippen MR) is 127 cm³/mol. The van der Waals surface area contributed by atoms with Crippen molar-refractivity contribution in [1.29, 1.82) is 0 Å². The van der Waals surface area contributed by atoms with E-state index in [4.69, 9.17) is 23.7 Å². The second kappa shape index (κ2) is 16.4. The number of aliphatic hydroxyl groups excluding tert-OH is 11. The number of carboxylic acids is 1. The van der Waals surface area contributed by atoms with Gasteiger partial charge < -0.3 is 95.1 Å². The fraction of sp³-hybridized carbons (Fsp3) is 0.913. The van der Waals surface area contributed by atoms with Crippen molar-refractivity contribution in [3.8, 4) is 0 Å². The van der Waals surface area contributed by atoms with E-state index in [9.17, 15) is 70.9 Å². The molecular formula is C23H38NNaO19. The molecule has 0 aromatic rings. The zero-order valence-corrected chi connectivity index (χ0v) is 25.7. The molecule has 0 aromatic carbocycles. The number of carbonyl (C=O) groups is 2. The van der Waals surface area contributed by atoms with Gasteiger partial charge in [-0.1, -0.05) is 0 Å². The molecule has 16 atom stereocenters. The van der Waals surface area contributed by atoms with Crippen LogP contribution >= 0.6 is 0 Å². The van der Waals surface area contributed by atoms with Gasteiger partial charge >= 0.3 is 29.6 Å². The molecule has 20 nitrogen and oxygen atoms in total. The second-order valence-corrected chi connectivity index (χ2v) is 10.5. The molecule has 3 aliphatic rings. The molecule has 0 spiro atoms. The van der Waals surface area contributed by atoms with E-state index in [1.54, 1.807) is 0 Å². The third kappa shape index (κ3) is 8.41. The van der Waals surface area contributed by atoms with E-state index >= 15 is 0 Å². The normalized spacial score (nSPS) is 44.2.